The maximum absolute atomic E-state index is 12.5. The van der Waals surface area contributed by atoms with Crippen LogP contribution in [-0.2, 0) is 19.2 Å². The van der Waals surface area contributed by atoms with Gasteiger partial charge in [-0.25, -0.2) is 4.79 Å². The van der Waals surface area contributed by atoms with Gasteiger partial charge in [0.15, 0.2) is 0 Å². The van der Waals surface area contributed by atoms with Crippen LogP contribution >= 0.6 is 37.9 Å². The van der Waals surface area contributed by atoms with Crippen LogP contribution in [-0.4, -0.2) is 70.2 Å². The zero-order chi connectivity index (χ0) is 21.1. The number of carbonyl (C=O) groups excluding carboxylic acids is 3. The second kappa shape index (κ2) is 13.1. The van der Waals surface area contributed by atoms with Crippen LogP contribution in [0, 0.1) is 5.92 Å². The molecule has 0 spiro atoms. The number of carboxylic acid groups (broad SMARTS) is 1. The van der Waals surface area contributed by atoms with Gasteiger partial charge in [-0.3, -0.25) is 14.4 Å². The Balaban J connectivity index is 5.20. The average molecular weight is 441 g/mol. The molecule has 0 radical (unpaired) electrons. The van der Waals surface area contributed by atoms with Crippen LogP contribution in [0.3, 0.4) is 0 Å². The minimum absolute atomic E-state index is 0.0138. The SMILES string of the molecule is CCC(C)C(NC(=O)C(CS)NC(=O)C(N)CS)C(=O)NC(CS)C(=O)O. The summed E-state index contributed by atoms with van der Waals surface area (Å²) in [6.07, 6.45) is 0.555. The third-order valence-corrected chi connectivity index (χ3v) is 5.06. The van der Waals surface area contributed by atoms with Crippen LogP contribution in [0.1, 0.15) is 20.3 Å². The van der Waals surface area contributed by atoms with Gasteiger partial charge in [-0.1, -0.05) is 20.3 Å². The normalized spacial score (nSPS) is 16.4. The van der Waals surface area contributed by atoms with Gasteiger partial charge in [0.05, 0.1) is 6.04 Å². The zero-order valence-corrected chi connectivity index (χ0v) is 17.9. The van der Waals surface area contributed by atoms with Crippen molar-refractivity contribution in [3.8, 4) is 0 Å². The topological polar surface area (TPSA) is 151 Å². The van der Waals surface area contributed by atoms with Gasteiger partial charge < -0.3 is 26.8 Å². The minimum Gasteiger partial charge on any atom is -0.480 e. The molecule has 0 aromatic heterocycles. The van der Waals surface area contributed by atoms with Gasteiger partial charge in [-0.15, -0.1) is 0 Å². The summed E-state index contributed by atoms with van der Waals surface area (Å²) >= 11 is 11.9. The predicted molar refractivity (Wildman–Crippen MR) is 112 cm³/mol. The first kappa shape index (κ1) is 25.9. The number of hydrogen-bond donors (Lipinski definition) is 8. The van der Waals surface area contributed by atoms with Gasteiger partial charge in [0.2, 0.25) is 17.7 Å². The molecule has 5 unspecified atom stereocenters. The summed E-state index contributed by atoms with van der Waals surface area (Å²) in [5, 5.41) is 16.4. The third kappa shape index (κ3) is 8.62. The van der Waals surface area contributed by atoms with Crippen molar-refractivity contribution in [2.45, 2.75) is 44.4 Å². The summed E-state index contributed by atoms with van der Waals surface area (Å²) in [7, 11) is 0. The smallest absolute Gasteiger partial charge is 0.327 e. The molecule has 0 saturated heterocycles. The predicted octanol–water partition coefficient (Wildman–Crippen LogP) is -1.31. The van der Waals surface area contributed by atoms with Crippen molar-refractivity contribution in [3.63, 3.8) is 0 Å². The van der Waals surface area contributed by atoms with Crippen molar-refractivity contribution in [1.29, 1.82) is 0 Å². The van der Waals surface area contributed by atoms with Gasteiger partial charge in [-0.2, -0.15) is 37.9 Å². The Kier molecular flexibility index (Phi) is 12.6. The number of aliphatic carboxylic acids is 1. The molecule has 0 aromatic carbocycles. The molecule has 12 heteroatoms. The highest BCUT2D eigenvalue weighted by atomic mass is 32.1. The molecule has 0 bridgehead atoms. The highest BCUT2D eigenvalue weighted by Gasteiger charge is 2.31. The molecule has 3 amide bonds. The quantitative estimate of drug-likeness (QED) is 0.177. The Morgan fingerprint density at radius 1 is 0.889 bits per heavy atom. The van der Waals surface area contributed by atoms with Crippen molar-refractivity contribution in [1.82, 2.24) is 16.0 Å². The van der Waals surface area contributed by atoms with E-state index in [4.69, 9.17) is 10.8 Å². The third-order valence-electron chi connectivity index (χ3n) is 3.94. The Labute approximate surface area is 175 Å². The van der Waals surface area contributed by atoms with Crippen LogP contribution in [0.2, 0.25) is 0 Å². The highest BCUT2D eigenvalue weighted by molar-refractivity contribution is 7.80. The van der Waals surface area contributed by atoms with E-state index >= 15 is 0 Å². The van der Waals surface area contributed by atoms with Crippen molar-refractivity contribution in [2.24, 2.45) is 11.7 Å². The molecule has 0 saturated carbocycles. The number of amides is 3. The fourth-order valence-corrected chi connectivity index (χ4v) is 2.63. The number of carboxylic acids is 1. The van der Waals surface area contributed by atoms with Crippen molar-refractivity contribution < 1.29 is 24.3 Å². The van der Waals surface area contributed by atoms with Crippen LogP contribution in [0.5, 0.6) is 0 Å². The van der Waals surface area contributed by atoms with Crippen LogP contribution < -0.4 is 21.7 Å². The maximum atomic E-state index is 12.5. The largest absolute Gasteiger partial charge is 0.480 e. The van der Waals surface area contributed by atoms with E-state index in [-0.39, 0.29) is 23.2 Å². The molecule has 0 aliphatic carbocycles. The van der Waals surface area contributed by atoms with Gasteiger partial charge in [0.1, 0.15) is 18.1 Å². The molecular weight excluding hydrogens is 412 g/mol. The van der Waals surface area contributed by atoms with E-state index in [2.05, 4.69) is 53.8 Å². The first-order valence-electron chi connectivity index (χ1n) is 8.34. The molecule has 0 aromatic rings. The molecule has 156 valence electrons. The molecule has 9 nitrogen and oxygen atoms in total. The number of nitrogens with two attached hydrogens (primary N) is 1. The second-order valence-corrected chi connectivity index (χ2v) is 7.08. The van der Waals surface area contributed by atoms with E-state index < -0.39 is 47.9 Å². The zero-order valence-electron chi connectivity index (χ0n) is 15.2. The van der Waals surface area contributed by atoms with Gasteiger partial charge in [0.25, 0.3) is 0 Å². The van der Waals surface area contributed by atoms with E-state index in [1.165, 1.54) is 0 Å². The Morgan fingerprint density at radius 3 is 1.81 bits per heavy atom. The average Bonchev–Trinajstić information content (AvgIpc) is 2.65. The van der Waals surface area contributed by atoms with E-state index in [0.29, 0.717) is 6.42 Å². The molecular formula is C15H28N4O5S3. The molecule has 27 heavy (non-hydrogen) atoms. The molecule has 6 N–H and O–H groups in total. The Bertz CT molecular complexity index is 538. The molecule has 0 aliphatic rings. The summed E-state index contributed by atoms with van der Waals surface area (Å²) in [6, 6.07) is -4.06. The van der Waals surface area contributed by atoms with Crippen molar-refractivity contribution in [3.05, 3.63) is 0 Å². The van der Waals surface area contributed by atoms with Gasteiger partial charge >= 0.3 is 5.97 Å². The molecule has 0 rings (SSSR count). The summed E-state index contributed by atoms with van der Waals surface area (Å²) in [4.78, 5) is 47.9. The lowest BCUT2D eigenvalue weighted by atomic mass is 9.97. The number of hydrogen-bond acceptors (Lipinski definition) is 8. The standard InChI is InChI=1S/C15H28N4O5S3/c1-3-7(2)11(14(22)18-10(6-27)15(23)24)19-13(21)9(5-26)17-12(20)8(16)4-25/h7-11,25-27H,3-6,16H2,1-2H3,(H,17,20)(H,18,22)(H,19,21)(H,23,24). The fraction of sp³-hybridized carbons (Fsp3) is 0.733. The minimum atomic E-state index is -1.23. The molecule has 0 fully saturated rings. The Hall–Kier alpha value is -1.11. The first-order valence-corrected chi connectivity index (χ1v) is 10.2. The first-order chi connectivity index (χ1) is 12.6. The Morgan fingerprint density at radius 2 is 1.41 bits per heavy atom. The van der Waals surface area contributed by atoms with E-state index in [9.17, 15) is 19.2 Å². The van der Waals surface area contributed by atoms with Crippen LogP contribution in [0.25, 0.3) is 0 Å². The monoisotopic (exact) mass is 440 g/mol. The number of rotatable bonds is 12. The lowest BCUT2D eigenvalue weighted by molar-refractivity contribution is -0.142. The number of carbonyl (C=O) groups is 4. The summed E-state index contributed by atoms with van der Waals surface area (Å²) in [5.41, 5.74) is 5.57. The van der Waals surface area contributed by atoms with E-state index in [1.54, 1.807) is 6.92 Å². The maximum Gasteiger partial charge on any atom is 0.327 e. The number of thiol groups is 3. The molecule has 0 heterocycles. The van der Waals surface area contributed by atoms with Gasteiger partial charge in [-0.05, 0) is 5.92 Å². The second-order valence-electron chi connectivity index (χ2n) is 5.99. The van der Waals surface area contributed by atoms with E-state index in [0.717, 1.165) is 0 Å². The van der Waals surface area contributed by atoms with Crippen LogP contribution in [0.4, 0.5) is 0 Å². The van der Waals surface area contributed by atoms with Crippen molar-refractivity contribution in [2.75, 3.05) is 17.3 Å². The number of nitrogens with one attached hydrogen (secondary N) is 3. The summed E-state index contributed by atoms with van der Waals surface area (Å²) < 4.78 is 0. The lowest BCUT2D eigenvalue weighted by Gasteiger charge is -2.27. The van der Waals surface area contributed by atoms with E-state index in [1.807, 2.05) is 6.92 Å². The highest BCUT2D eigenvalue weighted by Crippen LogP contribution is 2.09. The summed E-state index contributed by atoms with van der Waals surface area (Å²) in [6.45, 7) is 3.57. The van der Waals surface area contributed by atoms with Crippen LogP contribution in [0.15, 0.2) is 0 Å². The van der Waals surface area contributed by atoms with Crippen molar-refractivity contribution >= 4 is 61.6 Å². The molecule has 0 aliphatic heterocycles. The fourth-order valence-electron chi connectivity index (χ4n) is 1.96. The van der Waals surface area contributed by atoms with Gasteiger partial charge in [0, 0.05) is 17.3 Å². The lowest BCUT2D eigenvalue weighted by Crippen LogP contribution is -2.59. The summed E-state index contributed by atoms with van der Waals surface area (Å²) in [5.74, 6) is -3.35. The molecule has 5 atom stereocenters.